The zero-order valence-corrected chi connectivity index (χ0v) is 15.0. The van der Waals surface area contributed by atoms with Crippen LogP contribution in [0.4, 0.5) is 14.5 Å². The molecule has 2 aromatic rings. The summed E-state index contributed by atoms with van der Waals surface area (Å²) in [6.45, 7) is 1.87. The first-order chi connectivity index (χ1) is 12.1. The Hall–Kier alpha value is -2.02. The van der Waals surface area contributed by atoms with Crippen LogP contribution in [-0.4, -0.2) is 31.7 Å². The van der Waals surface area contributed by atoms with Gasteiger partial charge in [-0.05, 0) is 30.3 Å². The Morgan fingerprint density at radius 3 is 2.54 bits per heavy atom. The van der Waals surface area contributed by atoms with E-state index < -0.39 is 0 Å². The van der Waals surface area contributed by atoms with Crippen molar-refractivity contribution >= 4 is 24.0 Å². The van der Waals surface area contributed by atoms with Gasteiger partial charge in [-0.2, -0.15) is 0 Å². The smallest absolute Gasteiger partial charge is 0.228 e. The minimum Gasteiger partial charge on any atom is -0.378 e. The molecule has 1 fully saturated rings. The topological polar surface area (TPSA) is 41.6 Å². The monoisotopic (exact) mass is 382 g/mol. The van der Waals surface area contributed by atoms with Gasteiger partial charge in [-0.25, -0.2) is 8.78 Å². The summed E-state index contributed by atoms with van der Waals surface area (Å²) >= 11 is 0. The normalized spacial score (nSPS) is 16.6. The van der Waals surface area contributed by atoms with Crippen LogP contribution in [-0.2, 0) is 16.1 Å². The van der Waals surface area contributed by atoms with E-state index in [1.165, 1.54) is 35.2 Å². The van der Waals surface area contributed by atoms with Gasteiger partial charge in [0, 0.05) is 30.3 Å². The second-order valence-corrected chi connectivity index (χ2v) is 5.98. The Morgan fingerprint density at radius 1 is 1.15 bits per heavy atom. The molecule has 1 heterocycles. The third-order valence-corrected chi connectivity index (χ3v) is 4.15. The summed E-state index contributed by atoms with van der Waals surface area (Å²) < 4.78 is 32.6. The first-order valence-corrected chi connectivity index (χ1v) is 8.24. The summed E-state index contributed by atoms with van der Waals surface area (Å²) in [7, 11) is 0. The van der Waals surface area contributed by atoms with Crippen LogP contribution in [0, 0.1) is 11.6 Å². The Labute approximate surface area is 157 Å². The van der Waals surface area contributed by atoms with Crippen LogP contribution in [0.2, 0.25) is 0 Å². The molecule has 140 valence electrons. The molecule has 1 atom stereocenters. The van der Waals surface area contributed by atoms with Crippen molar-refractivity contribution in [1.82, 2.24) is 5.32 Å². The average Bonchev–Trinajstić information content (AvgIpc) is 2.63. The minimum absolute atomic E-state index is 0. The zero-order valence-electron chi connectivity index (χ0n) is 14.2. The summed E-state index contributed by atoms with van der Waals surface area (Å²) in [6.07, 6.45) is 0.228. The number of anilines is 1. The summed E-state index contributed by atoms with van der Waals surface area (Å²) in [5.41, 5.74) is 0.944. The molecule has 1 aliphatic rings. The fourth-order valence-electron chi connectivity index (χ4n) is 2.81. The second kappa shape index (κ2) is 9.62. The number of hydrogen-bond acceptors (Lipinski definition) is 3. The minimum atomic E-state index is -0.385. The molecule has 3 rings (SSSR count). The lowest BCUT2D eigenvalue weighted by molar-refractivity contribution is -0.119. The zero-order chi connectivity index (χ0) is 17.6. The van der Waals surface area contributed by atoms with Gasteiger partial charge < -0.3 is 15.0 Å². The maximum absolute atomic E-state index is 14.0. The number of amides is 1. The van der Waals surface area contributed by atoms with E-state index in [0.29, 0.717) is 31.0 Å². The lowest BCUT2D eigenvalue weighted by atomic mass is 10.1. The van der Waals surface area contributed by atoms with Crippen LogP contribution in [0.3, 0.4) is 0 Å². The second-order valence-electron chi connectivity index (χ2n) is 5.98. The summed E-state index contributed by atoms with van der Waals surface area (Å²) in [5, 5.41) is 3.23. The molecule has 4 nitrogen and oxygen atoms in total. The van der Waals surface area contributed by atoms with Crippen LogP contribution in [0.1, 0.15) is 12.0 Å². The molecular weight excluding hydrogens is 362 g/mol. The third kappa shape index (κ3) is 5.24. The SMILES string of the molecule is Cl.O=C(CC1COCCN1)N(Cc1ccccc1F)c1ccc(F)cc1. The molecule has 0 bridgehead atoms. The van der Waals surface area contributed by atoms with E-state index in [1.807, 2.05) is 0 Å². The highest BCUT2D eigenvalue weighted by Crippen LogP contribution is 2.21. The maximum atomic E-state index is 14.0. The van der Waals surface area contributed by atoms with Gasteiger partial charge in [0.25, 0.3) is 0 Å². The van der Waals surface area contributed by atoms with E-state index in [0.717, 1.165) is 0 Å². The molecule has 0 aliphatic carbocycles. The molecule has 1 N–H and O–H groups in total. The third-order valence-electron chi connectivity index (χ3n) is 4.15. The Balaban J connectivity index is 0.00000243. The Kier molecular flexibility index (Phi) is 7.50. The lowest BCUT2D eigenvalue weighted by Crippen LogP contribution is -2.45. The quantitative estimate of drug-likeness (QED) is 0.862. The highest BCUT2D eigenvalue weighted by atomic mass is 35.5. The summed E-state index contributed by atoms with van der Waals surface area (Å²) in [5.74, 6) is -0.927. The molecule has 2 aromatic carbocycles. The van der Waals surface area contributed by atoms with E-state index in [-0.39, 0.29) is 49.0 Å². The van der Waals surface area contributed by atoms with Crippen LogP contribution in [0.5, 0.6) is 0 Å². The molecule has 0 spiro atoms. The predicted molar refractivity (Wildman–Crippen MR) is 98.5 cm³/mol. The van der Waals surface area contributed by atoms with Crippen molar-refractivity contribution in [3.63, 3.8) is 0 Å². The molecule has 1 unspecified atom stereocenters. The molecule has 7 heteroatoms. The number of carbonyl (C=O) groups is 1. The summed E-state index contributed by atoms with van der Waals surface area (Å²) in [6, 6.07) is 11.9. The first kappa shape index (κ1) is 20.3. The van der Waals surface area contributed by atoms with Gasteiger partial charge in [-0.3, -0.25) is 4.79 Å². The standard InChI is InChI=1S/C19H20F2N2O2.ClH/c20-15-5-7-17(8-6-15)23(12-14-3-1-2-4-18(14)21)19(24)11-16-13-25-10-9-22-16;/h1-8,16,22H,9-13H2;1H. The summed E-state index contributed by atoms with van der Waals surface area (Å²) in [4.78, 5) is 14.3. The van der Waals surface area contributed by atoms with Gasteiger partial charge >= 0.3 is 0 Å². The highest BCUT2D eigenvalue weighted by Gasteiger charge is 2.23. The van der Waals surface area contributed by atoms with Crippen LogP contribution < -0.4 is 10.2 Å². The number of carbonyl (C=O) groups excluding carboxylic acids is 1. The van der Waals surface area contributed by atoms with E-state index >= 15 is 0 Å². The van der Waals surface area contributed by atoms with Crippen LogP contribution in [0.25, 0.3) is 0 Å². The van der Waals surface area contributed by atoms with E-state index in [1.54, 1.807) is 18.2 Å². The number of ether oxygens (including phenoxy) is 1. The van der Waals surface area contributed by atoms with Crippen LogP contribution >= 0.6 is 12.4 Å². The fraction of sp³-hybridized carbons (Fsp3) is 0.316. The molecule has 0 saturated carbocycles. The molecule has 1 amide bonds. The van der Waals surface area contributed by atoms with Gasteiger partial charge in [-0.1, -0.05) is 18.2 Å². The van der Waals surface area contributed by atoms with Gasteiger partial charge in [0.05, 0.1) is 19.8 Å². The van der Waals surface area contributed by atoms with Crippen molar-refractivity contribution in [2.75, 3.05) is 24.7 Å². The molecule has 0 aromatic heterocycles. The number of nitrogens with one attached hydrogen (secondary N) is 1. The van der Waals surface area contributed by atoms with E-state index in [9.17, 15) is 13.6 Å². The van der Waals surface area contributed by atoms with Gasteiger partial charge in [-0.15, -0.1) is 12.4 Å². The van der Waals surface area contributed by atoms with Crippen molar-refractivity contribution < 1.29 is 18.3 Å². The first-order valence-electron chi connectivity index (χ1n) is 8.24. The van der Waals surface area contributed by atoms with Gasteiger partial charge in [0.2, 0.25) is 5.91 Å². The predicted octanol–water partition coefficient (Wildman–Crippen LogP) is 3.30. The molecular formula is C19H21ClF2N2O2. The maximum Gasteiger partial charge on any atom is 0.228 e. The Morgan fingerprint density at radius 2 is 1.88 bits per heavy atom. The Bertz CT molecular complexity index is 722. The van der Waals surface area contributed by atoms with Crippen molar-refractivity contribution in [3.05, 3.63) is 65.7 Å². The molecule has 0 radical (unpaired) electrons. The van der Waals surface area contributed by atoms with Crippen molar-refractivity contribution in [3.8, 4) is 0 Å². The molecule has 1 saturated heterocycles. The number of rotatable bonds is 5. The highest BCUT2D eigenvalue weighted by molar-refractivity contribution is 5.93. The number of hydrogen-bond donors (Lipinski definition) is 1. The number of halogens is 3. The number of benzene rings is 2. The van der Waals surface area contributed by atoms with E-state index in [4.69, 9.17) is 4.74 Å². The van der Waals surface area contributed by atoms with Gasteiger partial charge in [0.1, 0.15) is 11.6 Å². The fourth-order valence-corrected chi connectivity index (χ4v) is 2.81. The van der Waals surface area contributed by atoms with Crippen LogP contribution in [0.15, 0.2) is 48.5 Å². The number of morpholine rings is 1. The van der Waals surface area contributed by atoms with E-state index in [2.05, 4.69) is 5.32 Å². The molecule has 26 heavy (non-hydrogen) atoms. The largest absolute Gasteiger partial charge is 0.378 e. The van der Waals surface area contributed by atoms with Gasteiger partial charge in [0.15, 0.2) is 0 Å². The molecule has 1 aliphatic heterocycles. The van der Waals surface area contributed by atoms with Crippen molar-refractivity contribution in [2.24, 2.45) is 0 Å². The lowest BCUT2D eigenvalue weighted by Gasteiger charge is -2.28. The van der Waals surface area contributed by atoms with Crippen molar-refractivity contribution in [2.45, 2.75) is 19.0 Å². The number of nitrogens with zero attached hydrogens (tertiary/aromatic N) is 1. The van der Waals surface area contributed by atoms with Crippen molar-refractivity contribution in [1.29, 1.82) is 0 Å². The average molecular weight is 383 g/mol.